The predicted molar refractivity (Wildman–Crippen MR) is 62.4 cm³/mol. The zero-order chi connectivity index (χ0) is 13.0. The van der Waals surface area contributed by atoms with Crippen LogP contribution >= 0.6 is 0 Å². The van der Waals surface area contributed by atoms with Crippen LogP contribution in [0.1, 0.15) is 22.1 Å². The number of nitrogens with one attached hydrogen (secondary N) is 1. The van der Waals surface area contributed by atoms with Crippen molar-refractivity contribution in [2.24, 2.45) is 0 Å². The second-order valence-electron chi connectivity index (χ2n) is 3.62. The average Bonchev–Trinajstić information content (AvgIpc) is 2.83. The van der Waals surface area contributed by atoms with Crippen molar-refractivity contribution in [1.29, 1.82) is 0 Å². The van der Waals surface area contributed by atoms with Crippen LogP contribution in [0.3, 0.4) is 0 Å². The topological polar surface area (TPSA) is 114 Å². The maximum absolute atomic E-state index is 11.8. The summed E-state index contributed by atoms with van der Waals surface area (Å²) in [4.78, 5) is 11.8. The first-order chi connectivity index (χ1) is 8.72. The van der Waals surface area contributed by atoms with Crippen LogP contribution in [-0.4, -0.2) is 27.9 Å². The molecular formula is C11H12N4O3. The molecule has 1 heterocycles. The van der Waals surface area contributed by atoms with Gasteiger partial charge in [-0.05, 0) is 15.9 Å². The zero-order valence-corrected chi connectivity index (χ0v) is 9.41. The highest BCUT2D eigenvalue weighted by Gasteiger charge is 2.20. The van der Waals surface area contributed by atoms with Crippen LogP contribution in [0.15, 0.2) is 35.0 Å². The van der Waals surface area contributed by atoms with Crippen LogP contribution in [0.4, 0.5) is 5.82 Å². The minimum Gasteiger partial charge on any atom is -0.394 e. The van der Waals surface area contributed by atoms with E-state index >= 15 is 0 Å². The maximum Gasteiger partial charge on any atom is 0.278 e. The smallest absolute Gasteiger partial charge is 0.278 e. The highest BCUT2D eigenvalue weighted by molar-refractivity contribution is 5.96. The molecule has 0 saturated carbocycles. The predicted octanol–water partition coefficient (Wildman–Crippen LogP) is 0.115. The van der Waals surface area contributed by atoms with Crippen LogP contribution < -0.4 is 11.1 Å². The van der Waals surface area contributed by atoms with Crippen molar-refractivity contribution in [2.45, 2.75) is 6.04 Å². The van der Waals surface area contributed by atoms with E-state index in [1.165, 1.54) is 0 Å². The molecule has 4 N–H and O–H groups in total. The van der Waals surface area contributed by atoms with E-state index in [4.69, 9.17) is 5.73 Å². The molecule has 18 heavy (non-hydrogen) atoms. The largest absolute Gasteiger partial charge is 0.394 e. The standard InChI is InChI=1S/C11H12N4O3/c12-10-9(14-18-15-10)11(17)13-8(6-16)7-4-2-1-3-5-7/h1-5,8,16H,6H2,(H2,12,15)(H,13,17)/t8-/m1/s1. The molecule has 7 nitrogen and oxygen atoms in total. The molecule has 1 atom stereocenters. The molecule has 0 fully saturated rings. The van der Waals surface area contributed by atoms with E-state index < -0.39 is 11.9 Å². The second kappa shape index (κ2) is 5.28. The van der Waals surface area contributed by atoms with Gasteiger partial charge in [0, 0.05) is 0 Å². The van der Waals surface area contributed by atoms with E-state index in [1.54, 1.807) is 12.1 Å². The van der Waals surface area contributed by atoms with Gasteiger partial charge in [-0.1, -0.05) is 30.3 Å². The lowest BCUT2D eigenvalue weighted by atomic mass is 10.1. The number of aliphatic hydroxyl groups is 1. The van der Waals surface area contributed by atoms with Gasteiger partial charge in [-0.25, -0.2) is 4.63 Å². The molecule has 0 unspecified atom stereocenters. The molecule has 0 radical (unpaired) electrons. The molecule has 94 valence electrons. The number of rotatable bonds is 4. The summed E-state index contributed by atoms with van der Waals surface area (Å²) in [5.74, 6) is -0.631. The van der Waals surface area contributed by atoms with Crippen LogP contribution in [0.2, 0.25) is 0 Å². The minimum atomic E-state index is -0.545. The Labute approximate surface area is 103 Å². The minimum absolute atomic E-state index is 0.0859. The number of aromatic nitrogens is 2. The number of amides is 1. The van der Waals surface area contributed by atoms with Crippen molar-refractivity contribution < 1.29 is 14.5 Å². The van der Waals surface area contributed by atoms with E-state index in [0.717, 1.165) is 5.56 Å². The van der Waals surface area contributed by atoms with Gasteiger partial charge in [0.15, 0.2) is 0 Å². The Kier molecular flexibility index (Phi) is 3.54. The zero-order valence-electron chi connectivity index (χ0n) is 9.41. The SMILES string of the molecule is Nc1nonc1C(=O)N[C@H](CO)c1ccccc1. The van der Waals surface area contributed by atoms with Gasteiger partial charge in [0.25, 0.3) is 5.91 Å². The number of nitrogens with zero attached hydrogens (tertiary/aromatic N) is 2. The summed E-state index contributed by atoms with van der Waals surface area (Å²) in [5, 5.41) is 18.6. The van der Waals surface area contributed by atoms with Crippen molar-refractivity contribution in [3.05, 3.63) is 41.6 Å². The summed E-state index contributed by atoms with van der Waals surface area (Å²) >= 11 is 0. The third kappa shape index (κ3) is 2.46. The van der Waals surface area contributed by atoms with Gasteiger partial charge in [-0.15, -0.1) is 0 Å². The number of aliphatic hydroxyl groups excluding tert-OH is 1. The summed E-state index contributed by atoms with van der Waals surface area (Å²) in [6, 6.07) is 8.54. The Balaban J connectivity index is 2.13. The lowest BCUT2D eigenvalue weighted by Gasteiger charge is -2.15. The molecule has 1 aromatic carbocycles. The summed E-state index contributed by atoms with van der Waals surface area (Å²) in [6.07, 6.45) is 0. The molecular weight excluding hydrogens is 236 g/mol. The van der Waals surface area contributed by atoms with Crippen molar-refractivity contribution >= 4 is 11.7 Å². The van der Waals surface area contributed by atoms with Crippen LogP contribution in [0, 0.1) is 0 Å². The Morgan fingerprint density at radius 1 is 1.39 bits per heavy atom. The normalized spacial score (nSPS) is 12.1. The van der Waals surface area contributed by atoms with Crippen LogP contribution in [0.25, 0.3) is 0 Å². The average molecular weight is 248 g/mol. The quantitative estimate of drug-likeness (QED) is 0.707. The second-order valence-corrected chi connectivity index (χ2v) is 3.62. The highest BCUT2D eigenvalue weighted by atomic mass is 16.6. The molecule has 0 aliphatic carbocycles. The first-order valence-electron chi connectivity index (χ1n) is 5.27. The maximum atomic E-state index is 11.8. The lowest BCUT2D eigenvalue weighted by molar-refractivity contribution is 0.0907. The van der Waals surface area contributed by atoms with E-state index in [1.807, 2.05) is 18.2 Å². The fourth-order valence-electron chi connectivity index (χ4n) is 1.50. The highest BCUT2D eigenvalue weighted by Crippen LogP contribution is 2.13. The number of anilines is 1. The molecule has 0 saturated heterocycles. The van der Waals surface area contributed by atoms with E-state index in [9.17, 15) is 9.90 Å². The fourth-order valence-corrected chi connectivity index (χ4v) is 1.50. The molecule has 0 aliphatic rings. The third-order valence-electron chi connectivity index (χ3n) is 2.42. The van der Waals surface area contributed by atoms with Crippen molar-refractivity contribution in [2.75, 3.05) is 12.3 Å². The van der Waals surface area contributed by atoms with Crippen LogP contribution in [-0.2, 0) is 0 Å². The van der Waals surface area contributed by atoms with Gasteiger partial charge >= 0.3 is 0 Å². The summed E-state index contributed by atoms with van der Waals surface area (Å²) in [7, 11) is 0. The number of hydrogen-bond donors (Lipinski definition) is 3. The van der Waals surface area contributed by atoms with Gasteiger partial charge < -0.3 is 16.2 Å². The van der Waals surface area contributed by atoms with Gasteiger partial charge in [-0.3, -0.25) is 4.79 Å². The van der Waals surface area contributed by atoms with E-state index in [-0.39, 0.29) is 18.1 Å². The molecule has 1 amide bonds. The van der Waals surface area contributed by atoms with Crippen molar-refractivity contribution in [3.63, 3.8) is 0 Å². The summed E-state index contributed by atoms with van der Waals surface area (Å²) < 4.78 is 4.34. The number of carbonyl (C=O) groups excluding carboxylic acids is 1. The number of benzene rings is 1. The molecule has 0 aliphatic heterocycles. The molecule has 7 heteroatoms. The Bertz CT molecular complexity index is 526. The number of nitrogen functional groups attached to an aromatic ring is 1. The summed E-state index contributed by atoms with van der Waals surface area (Å²) in [5.41, 5.74) is 6.09. The van der Waals surface area contributed by atoms with E-state index in [2.05, 4.69) is 20.3 Å². The van der Waals surface area contributed by atoms with Crippen molar-refractivity contribution in [3.8, 4) is 0 Å². The Hall–Kier alpha value is -2.41. The molecule has 2 aromatic rings. The first-order valence-corrected chi connectivity index (χ1v) is 5.27. The van der Waals surface area contributed by atoms with Gasteiger partial charge in [0.05, 0.1) is 12.6 Å². The molecule has 2 rings (SSSR count). The molecule has 1 aromatic heterocycles. The first kappa shape index (κ1) is 12.1. The number of nitrogens with two attached hydrogens (primary N) is 1. The van der Waals surface area contributed by atoms with Gasteiger partial charge in [-0.2, -0.15) is 0 Å². The number of carbonyl (C=O) groups is 1. The lowest BCUT2D eigenvalue weighted by Crippen LogP contribution is -2.31. The van der Waals surface area contributed by atoms with Gasteiger partial charge in [0.1, 0.15) is 0 Å². The monoisotopic (exact) mass is 248 g/mol. The fraction of sp³-hybridized carbons (Fsp3) is 0.182. The van der Waals surface area contributed by atoms with Gasteiger partial charge in [0.2, 0.25) is 11.5 Å². The molecule has 0 spiro atoms. The van der Waals surface area contributed by atoms with Crippen LogP contribution in [0.5, 0.6) is 0 Å². The molecule has 0 bridgehead atoms. The van der Waals surface area contributed by atoms with Crippen molar-refractivity contribution in [1.82, 2.24) is 15.6 Å². The third-order valence-corrected chi connectivity index (χ3v) is 2.42. The van der Waals surface area contributed by atoms with E-state index in [0.29, 0.717) is 0 Å². The summed E-state index contributed by atoms with van der Waals surface area (Å²) in [6.45, 7) is -0.235. The number of hydrogen-bond acceptors (Lipinski definition) is 6. The Morgan fingerprint density at radius 3 is 2.67 bits per heavy atom. The Morgan fingerprint density at radius 2 is 2.11 bits per heavy atom.